The fraction of sp³-hybridized carbons (Fsp3) is 0.588. The van der Waals surface area contributed by atoms with E-state index in [0.29, 0.717) is 12.8 Å². The second-order valence-electron chi connectivity index (χ2n) is 6.62. The number of aliphatic hydroxyl groups excluding tert-OH is 1. The molecule has 0 saturated heterocycles. The van der Waals surface area contributed by atoms with Crippen molar-refractivity contribution in [3.8, 4) is 0 Å². The number of carbonyl (C=O) groups is 1. The van der Waals surface area contributed by atoms with Crippen LogP contribution in [0.15, 0.2) is 30.3 Å². The zero-order valence-corrected chi connectivity index (χ0v) is 13.8. The van der Waals surface area contributed by atoms with Gasteiger partial charge in [0.1, 0.15) is 5.67 Å². The second-order valence-corrected chi connectivity index (χ2v) is 6.62. The van der Waals surface area contributed by atoms with E-state index in [-0.39, 0.29) is 12.8 Å². The third kappa shape index (κ3) is 7.54. The van der Waals surface area contributed by atoms with Crippen LogP contribution in [0, 0.1) is 5.92 Å². The smallest absolute Gasteiger partial charge is 0.237 e. The Balaban J connectivity index is 2.60. The zero-order chi connectivity index (χ0) is 17.5. The molecule has 0 bridgehead atoms. The third-order valence-corrected chi connectivity index (χ3v) is 3.93. The first-order valence-corrected chi connectivity index (χ1v) is 7.90. The number of carbonyl (C=O) groups excluding carboxylic acids is 1. The summed E-state index contributed by atoms with van der Waals surface area (Å²) in [6.07, 6.45) is 0.328. The maximum atomic E-state index is 13.7. The predicted molar refractivity (Wildman–Crippen MR) is 89.0 cm³/mol. The monoisotopic (exact) mass is 325 g/mol. The van der Waals surface area contributed by atoms with Crippen LogP contribution in [0.4, 0.5) is 4.39 Å². The van der Waals surface area contributed by atoms with Crippen molar-refractivity contribution in [2.45, 2.75) is 57.3 Å². The number of hydrogen-bond donors (Lipinski definition) is 4. The maximum Gasteiger partial charge on any atom is 0.237 e. The van der Waals surface area contributed by atoms with Gasteiger partial charge in [-0.3, -0.25) is 10.2 Å². The van der Waals surface area contributed by atoms with Crippen LogP contribution < -0.4 is 17.0 Å². The van der Waals surface area contributed by atoms with Gasteiger partial charge in [0.15, 0.2) is 0 Å². The Morgan fingerprint density at radius 2 is 1.96 bits per heavy atom. The Bertz CT molecular complexity index is 476. The van der Waals surface area contributed by atoms with E-state index in [2.05, 4.69) is 5.43 Å². The number of benzene rings is 1. The lowest BCUT2D eigenvalue weighted by atomic mass is 9.88. The van der Waals surface area contributed by atoms with Crippen molar-refractivity contribution >= 4 is 5.91 Å². The molecule has 1 aromatic rings. The minimum absolute atomic E-state index is 0.160. The average Bonchev–Trinajstić information content (AvgIpc) is 2.50. The van der Waals surface area contributed by atoms with Crippen molar-refractivity contribution < 1.29 is 14.3 Å². The van der Waals surface area contributed by atoms with E-state index in [4.69, 9.17) is 11.6 Å². The summed E-state index contributed by atoms with van der Waals surface area (Å²) in [5.41, 5.74) is 7.76. The van der Waals surface area contributed by atoms with Crippen molar-refractivity contribution in [2.75, 3.05) is 0 Å². The van der Waals surface area contributed by atoms with Crippen molar-refractivity contribution in [2.24, 2.45) is 17.5 Å². The van der Waals surface area contributed by atoms with E-state index in [1.165, 1.54) is 13.8 Å². The van der Waals surface area contributed by atoms with E-state index < -0.39 is 29.6 Å². The normalized spacial score (nSPS) is 15.7. The molecule has 0 heterocycles. The van der Waals surface area contributed by atoms with Gasteiger partial charge in [-0.15, -0.1) is 0 Å². The number of halogens is 1. The summed E-state index contributed by atoms with van der Waals surface area (Å²) in [4.78, 5) is 11.8. The predicted octanol–water partition coefficient (Wildman–Crippen LogP) is 1.44. The summed E-state index contributed by atoms with van der Waals surface area (Å²) in [5, 5.41) is 10.3. The van der Waals surface area contributed by atoms with Gasteiger partial charge >= 0.3 is 0 Å². The van der Waals surface area contributed by atoms with E-state index >= 15 is 0 Å². The lowest BCUT2D eigenvalue weighted by Crippen LogP contribution is -2.42. The number of nitrogens with one attached hydrogen (secondary N) is 1. The Labute approximate surface area is 137 Å². The van der Waals surface area contributed by atoms with Gasteiger partial charge in [-0.2, -0.15) is 0 Å². The van der Waals surface area contributed by atoms with E-state index in [1.54, 1.807) is 0 Å². The van der Waals surface area contributed by atoms with Gasteiger partial charge in [-0.25, -0.2) is 10.2 Å². The Morgan fingerprint density at radius 1 is 1.35 bits per heavy atom. The van der Waals surface area contributed by atoms with Crippen LogP contribution in [0.5, 0.6) is 0 Å². The van der Waals surface area contributed by atoms with E-state index in [1.807, 2.05) is 30.3 Å². The van der Waals surface area contributed by atoms with Gasteiger partial charge in [0.25, 0.3) is 0 Å². The van der Waals surface area contributed by atoms with Gasteiger partial charge < -0.3 is 10.8 Å². The number of hydrazine groups is 1. The molecule has 3 atom stereocenters. The minimum atomic E-state index is -1.37. The standard InChI is InChI=1S/C17H28FN3O2/c1-17(2,18)9-8-13(16(23)21-20)11-15(22)14(19)10-12-6-4-3-5-7-12/h3-7,13-15,22H,8-11,19-20H2,1-2H3,(H,21,23). The molecule has 3 unspecified atom stereocenters. The molecule has 1 aromatic carbocycles. The number of nitrogens with two attached hydrogens (primary N) is 2. The summed E-state index contributed by atoms with van der Waals surface area (Å²) < 4.78 is 13.7. The Kier molecular flexibility index (Phi) is 7.61. The molecular weight excluding hydrogens is 297 g/mol. The first kappa shape index (κ1) is 19.5. The maximum absolute atomic E-state index is 13.7. The van der Waals surface area contributed by atoms with Crippen LogP contribution in [0.25, 0.3) is 0 Å². The Morgan fingerprint density at radius 3 is 2.48 bits per heavy atom. The topological polar surface area (TPSA) is 101 Å². The highest BCUT2D eigenvalue weighted by atomic mass is 19.1. The summed E-state index contributed by atoms with van der Waals surface area (Å²) in [7, 11) is 0. The molecule has 6 heteroatoms. The van der Waals surface area contributed by atoms with Crippen molar-refractivity contribution in [1.29, 1.82) is 0 Å². The molecule has 0 aliphatic rings. The van der Waals surface area contributed by atoms with Gasteiger partial charge in [-0.1, -0.05) is 30.3 Å². The number of rotatable bonds is 9. The van der Waals surface area contributed by atoms with Crippen molar-refractivity contribution in [3.63, 3.8) is 0 Å². The van der Waals surface area contributed by atoms with Crippen LogP contribution in [0.3, 0.4) is 0 Å². The average molecular weight is 325 g/mol. The fourth-order valence-corrected chi connectivity index (χ4v) is 2.48. The fourth-order valence-electron chi connectivity index (χ4n) is 2.48. The van der Waals surface area contributed by atoms with Crippen LogP contribution >= 0.6 is 0 Å². The van der Waals surface area contributed by atoms with Crippen LogP contribution in [-0.2, 0) is 11.2 Å². The molecule has 1 amide bonds. The molecule has 6 N–H and O–H groups in total. The third-order valence-electron chi connectivity index (χ3n) is 3.93. The lowest BCUT2D eigenvalue weighted by Gasteiger charge is -2.25. The molecule has 130 valence electrons. The van der Waals surface area contributed by atoms with Gasteiger partial charge in [-0.05, 0) is 45.1 Å². The lowest BCUT2D eigenvalue weighted by molar-refractivity contribution is -0.126. The van der Waals surface area contributed by atoms with Crippen LogP contribution in [-0.4, -0.2) is 28.8 Å². The van der Waals surface area contributed by atoms with Gasteiger partial charge in [0.05, 0.1) is 6.10 Å². The molecule has 0 saturated carbocycles. The number of amides is 1. The first-order valence-electron chi connectivity index (χ1n) is 7.90. The van der Waals surface area contributed by atoms with Crippen LogP contribution in [0.1, 0.15) is 38.7 Å². The number of alkyl halides is 1. The van der Waals surface area contributed by atoms with Gasteiger partial charge in [0.2, 0.25) is 5.91 Å². The second kappa shape index (κ2) is 8.96. The van der Waals surface area contributed by atoms with Crippen LogP contribution in [0.2, 0.25) is 0 Å². The van der Waals surface area contributed by atoms with E-state index in [0.717, 1.165) is 5.56 Å². The highest BCUT2D eigenvalue weighted by Gasteiger charge is 2.27. The molecular formula is C17H28FN3O2. The molecule has 0 radical (unpaired) electrons. The SMILES string of the molecule is CC(C)(F)CCC(CC(O)C(N)Cc1ccccc1)C(=O)NN. The highest BCUT2D eigenvalue weighted by Crippen LogP contribution is 2.23. The molecule has 0 aliphatic carbocycles. The molecule has 0 spiro atoms. The largest absolute Gasteiger partial charge is 0.391 e. The van der Waals surface area contributed by atoms with Gasteiger partial charge in [0, 0.05) is 12.0 Å². The van der Waals surface area contributed by atoms with Crippen molar-refractivity contribution in [3.05, 3.63) is 35.9 Å². The van der Waals surface area contributed by atoms with E-state index in [9.17, 15) is 14.3 Å². The summed E-state index contributed by atoms with van der Waals surface area (Å²) in [6.45, 7) is 2.92. The molecule has 0 fully saturated rings. The Hall–Kier alpha value is -1.50. The molecule has 23 heavy (non-hydrogen) atoms. The molecule has 0 aliphatic heterocycles. The number of aliphatic hydroxyl groups is 1. The zero-order valence-electron chi connectivity index (χ0n) is 13.8. The summed E-state index contributed by atoms with van der Waals surface area (Å²) in [5.74, 6) is 4.22. The molecule has 0 aromatic heterocycles. The number of hydrogen-bond acceptors (Lipinski definition) is 4. The quantitative estimate of drug-likeness (QED) is 0.313. The highest BCUT2D eigenvalue weighted by molar-refractivity contribution is 5.77. The summed E-state index contributed by atoms with van der Waals surface area (Å²) in [6, 6.07) is 9.09. The first-order chi connectivity index (χ1) is 10.7. The minimum Gasteiger partial charge on any atom is -0.391 e. The molecule has 5 nitrogen and oxygen atoms in total. The molecule has 1 rings (SSSR count). The summed E-state index contributed by atoms with van der Waals surface area (Å²) >= 11 is 0. The van der Waals surface area contributed by atoms with Crippen molar-refractivity contribution in [1.82, 2.24) is 5.43 Å².